The zero-order chi connectivity index (χ0) is 10.2. The van der Waals surface area contributed by atoms with Gasteiger partial charge < -0.3 is 15.2 Å². The highest BCUT2D eigenvalue weighted by Gasteiger charge is 2.29. The summed E-state index contributed by atoms with van der Waals surface area (Å²) in [6.07, 6.45) is 2.99. The normalized spacial score (nSPS) is 18.3. The van der Waals surface area contributed by atoms with E-state index in [1.54, 1.807) is 6.07 Å². The molecule has 2 heterocycles. The summed E-state index contributed by atoms with van der Waals surface area (Å²) in [4.78, 5) is 0. The van der Waals surface area contributed by atoms with Gasteiger partial charge in [-0.15, -0.1) is 5.10 Å². The number of aromatic nitrogens is 2. The van der Waals surface area contributed by atoms with Crippen molar-refractivity contribution >= 4 is 11.4 Å². The van der Waals surface area contributed by atoms with Gasteiger partial charge in [0.25, 0.3) is 0 Å². The van der Waals surface area contributed by atoms with Crippen molar-refractivity contribution < 1.29 is 9.47 Å². The van der Waals surface area contributed by atoms with Gasteiger partial charge >= 0.3 is 0 Å². The van der Waals surface area contributed by atoms with E-state index in [4.69, 9.17) is 15.2 Å². The average molecular weight is 193 g/mol. The highest BCUT2D eigenvalue weighted by Crippen LogP contribution is 2.29. The Kier molecular flexibility index (Phi) is 1.80. The van der Waals surface area contributed by atoms with Crippen molar-refractivity contribution in [1.82, 2.24) is 10.2 Å². The van der Waals surface area contributed by atoms with Crippen LogP contribution in [0.5, 0.6) is 0 Å². The molecule has 2 rings (SSSR count). The number of hydrogen-bond acceptors (Lipinski definition) is 5. The number of nitrogens with zero attached hydrogens (tertiary/aromatic N) is 2. The van der Waals surface area contributed by atoms with E-state index in [0.717, 1.165) is 0 Å². The Morgan fingerprint density at radius 2 is 2.21 bits per heavy atom. The number of nitrogen functional groups attached to an aromatic ring is 1. The van der Waals surface area contributed by atoms with Crippen LogP contribution in [0.4, 0.5) is 5.69 Å². The lowest BCUT2D eigenvalue weighted by atomic mass is 10.3. The Bertz CT molecular complexity index is 387. The number of hydrogen-bond donors (Lipinski definition) is 1. The van der Waals surface area contributed by atoms with E-state index in [2.05, 4.69) is 10.2 Å². The molecule has 1 aliphatic heterocycles. The molecule has 0 aliphatic carbocycles. The monoisotopic (exact) mass is 193 g/mol. The maximum Gasteiger partial charge on any atom is 0.245 e. The molecule has 0 fully saturated rings. The number of rotatable bonds is 1. The van der Waals surface area contributed by atoms with Gasteiger partial charge in [0.05, 0.1) is 11.9 Å². The fourth-order valence-corrected chi connectivity index (χ4v) is 1.12. The molecule has 0 aromatic carbocycles. The van der Waals surface area contributed by atoms with E-state index in [-0.39, 0.29) is 0 Å². The third-order valence-electron chi connectivity index (χ3n) is 1.73. The molecule has 14 heavy (non-hydrogen) atoms. The first-order valence-electron chi connectivity index (χ1n) is 4.22. The summed E-state index contributed by atoms with van der Waals surface area (Å²) in [5.74, 6) is -0.0865. The van der Waals surface area contributed by atoms with Gasteiger partial charge in [0.2, 0.25) is 5.79 Å². The van der Waals surface area contributed by atoms with Crippen LogP contribution < -0.4 is 5.73 Å². The first-order valence-corrected chi connectivity index (χ1v) is 4.22. The molecule has 0 amide bonds. The SMILES string of the molecule is CC1(C)OC=C(c2cc(N)cnn2)O1. The molecule has 0 unspecified atom stereocenters. The minimum Gasteiger partial charge on any atom is -0.457 e. The summed E-state index contributed by atoms with van der Waals surface area (Å²) in [6, 6.07) is 1.68. The van der Waals surface area contributed by atoms with Gasteiger partial charge in [-0.05, 0) is 6.07 Å². The van der Waals surface area contributed by atoms with Crippen molar-refractivity contribution in [1.29, 1.82) is 0 Å². The van der Waals surface area contributed by atoms with Crippen LogP contribution in [0, 0.1) is 0 Å². The molecule has 0 bridgehead atoms. The lowest BCUT2D eigenvalue weighted by Gasteiger charge is -2.17. The Hall–Kier alpha value is -1.78. The largest absolute Gasteiger partial charge is 0.457 e. The maximum atomic E-state index is 5.57. The van der Waals surface area contributed by atoms with Crippen LogP contribution >= 0.6 is 0 Å². The van der Waals surface area contributed by atoms with E-state index in [1.807, 2.05) is 13.8 Å². The highest BCUT2D eigenvalue weighted by atomic mass is 16.7. The molecule has 1 aromatic heterocycles. The molecule has 5 nitrogen and oxygen atoms in total. The second-order valence-electron chi connectivity index (χ2n) is 3.48. The van der Waals surface area contributed by atoms with Crippen LogP contribution in [0.2, 0.25) is 0 Å². The molecule has 0 saturated heterocycles. The minimum atomic E-state index is -0.637. The molecule has 1 aromatic rings. The molecular weight excluding hydrogens is 182 g/mol. The van der Waals surface area contributed by atoms with Crippen LogP contribution in [-0.2, 0) is 9.47 Å². The molecule has 0 spiro atoms. The molecule has 2 N–H and O–H groups in total. The highest BCUT2D eigenvalue weighted by molar-refractivity contribution is 5.59. The second kappa shape index (κ2) is 2.87. The topological polar surface area (TPSA) is 70.3 Å². The number of anilines is 1. The van der Waals surface area contributed by atoms with Gasteiger partial charge in [-0.3, -0.25) is 0 Å². The van der Waals surface area contributed by atoms with Crippen molar-refractivity contribution in [2.24, 2.45) is 0 Å². The maximum absolute atomic E-state index is 5.57. The summed E-state index contributed by atoms with van der Waals surface area (Å²) in [6.45, 7) is 3.63. The molecule has 0 saturated carbocycles. The summed E-state index contributed by atoms with van der Waals surface area (Å²) < 4.78 is 10.7. The van der Waals surface area contributed by atoms with Crippen LogP contribution in [-0.4, -0.2) is 16.0 Å². The Balaban J connectivity index is 2.26. The molecule has 74 valence electrons. The second-order valence-corrected chi connectivity index (χ2v) is 3.48. The van der Waals surface area contributed by atoms with Crippen molar-refractivity contribution in [2.75, 3.05) is 5.73 Å². The lowest BCUT2D eigenvalue weighted by Crippen LogP contribution is -2.20. The minimum absolute atomic E-state index is 0.546. The summed E-state index contributed by atoms with van der Waals surface area (Å²) in [5.41, 5.74) is 6.69. The number of ether oxygens (including phenoxy) is 2. The fraction of sp³-hybridized carbons (Fsp3) is 0.333. The van der Waals surface area contributed by atoms with Gasteiger partial charge in [0.15, 0.2) is 5.76 Å². The zero-order valence-electron chi connectivity index (χ0n) is 8.02. The third kappa shape index (κ3) is 1.61. The molecular formula is C9H11N3O2. The van der Waals surface area contributed by atoms with Crippen LogP contribution in [0.25, 0.3) is 5.76 Å². The van der Waals surface area contributed by atoms with Crippen molar-refractivity contribution in [2.45, 2.75) is 19.6 Å². The van der Waals surface area contributed by atoms with E-state index in [1.165, 1.54) is 12.5 Å². The van der Waals surface area contributed by atoms with E-state index in [9.17, 15) is 0 Å². The van der Waals surface area contributed by atoms with E-state index < -0.39 is 5.79 Å². The first kappa shape index (κ1) is 8.80. The zero-order valence-corrected chi connectivity index (χ0v) is 8.02. The molecule has 1 aliphatic rings. The smallest absolute Gasteiger partial charge is 0.245 e. The van der Waals surface area contributed by atoms with Gasteiger partial charge in [-0.25, -0.2) is 0 Å². The fourth-order valence-electron chi connectivity index (χ4n) is 1.12. The predicted molar refractivity (Wildman–Crippen MR) is 50.7 cm³/mol. The van der Waals surface area contributed by atoms with Crippen LogP contribution in [0.15, 0.2) is 18.5 Å². The Morgan fingerprint density at radius 1 is 1.43 bits per heavy atom. The summed E-state index contributed by atoms with van der Waals surface area (Å²) >= 11 is 0. The molecule has 5 heteroatoms. The molecule has 0 radical (unpaired) electrons. The third-order valence-corrected chi connectivity index (χ3v) is 1.73. The Morgan fingerprint density at radius 3 is 2.79 bits per heavy atom. The van der Waals surface area contributed by atoms with Crippen LogP contribution in [0.1, 0.15) is 19.5 Å². The van der Waals surface area contributed by atoms with Crippen molar-refractivity contribution in [3.63, 3.8) is 0 Å². The first-order chi connectivity index (χ1) is 6.57. The van der Waals surface area contributed by atoms with E-state index in [0.29, 0.717) is 17.1 Å². The van der Waals surface area contributed by atoms with Crippen molar-refractivity contribution in [3.8, 4) is 0 Å². The van der Waals surface area contributed by atoms with Crippen LogP contribution in [0.3, 0.4) is 0 Å². The standard InChI is InChI=1S/C9H11N3O2/c1-9(2)13-5-8(14-9)7-3-6(10)4-11-12-7/h3-5H,1-2H3,(H2,10,12). The predicted octanol–water partition coefficient (Wildman–Crippen LogP) is 1.14. The average Bonchev–Trinajstić information content (AvgIpc) is 2.46. The quantitative estimate of drug-likeness (QED) is 0.724. The summed E-state index contributed by atoms with van der Waals surface area (Å²) in [7, 11) is 0. The van der Waals surface area contributed by atoms with Gasteiger partial charge in [0.1, 0.15) is 12.0 Å². The Labute approximate surface area is 81.5 Å². The van der Waals surface area contributed by atoms with Gasteiger partial charge in [-0.1, -0.05) is 0 Å². The van der Waals surface area contributed by atoms with E-state index >= 15 is 0 Å². The van der Waals surface area contributed by atoms with Crippen molar-refractivity contribution in [3.05, 3.63) is 24.2 Å². The number of nitrogens with two attached hydrogens (primary N) is 1. The summed E-state index contributed by atoms with van der Waals surface area (Å²) in [5, 5.41) is 7.61. The van der Waals surface area contributed by atoms with Gasteiger partial charge in [0, 0.05) is 13.8 Å². The lowest BCUT2D eigenvalue weighted by molar-refractivity contribution is -0.102. The van der Waals surface area contributed by atoms with Gasteiger partial charge in [-0.2, -0.15) is 5.10 Å². The molecule has 0 atom stereocenters.